The second-order valence-corrected chi connectivity index (χ2v) is 8.54. The maximum absolute atomic E-state index is 13.7. The SMILES string of the molecule is O=C(NN1C(=O)NC(c2ccccc2)(c2ccccc2)C1=O)c1ccc(N2CCCCC2=O)cc1. The Labute approximate surface area is 202 Å². The molecule has 0 radical (unpaired) electrons. The van der Waals surface area contributed by atoms with Crippen molar-refractivity contribution in [3.8, 4) is 0 Å². The van der Waals surface area contributed by atoms with Crippen LogP contribution in [0, 0.1) is 0 Å². The molecule has 8 nitrogen and oxygen atoms in total. The van der Waals surface area contributed by atoms with Gasteiger partial charge in [0.2, 0.25) is 5.91 Å². The number of hydrogen-bond acceptors (Lipinski definition) is 4. The van der Waals surface area contributed by atoms with E-state index in [4.69, 9.17) is 0 Å². The number of nitrogens with zero attached hydrogens (tertiary/aromatic N) is 2. The molecular weight excluding hydrogens is 444 g/mol. The van der Waals surface area contributed by atoms with Crippen LogP contribution in [0.5, 0.6) is 0 Å². The first-order chi connectivity index (χ1) is 17.0. The Morgan fingerprint density at radius 3 is 1.97 bits per heavy atom. The monoisotopic (exact) mass is 468 g/mol. The van der Waals surface area contributed by atoms with E-state index in [1.54, 1.807) is 77.7 Å². The molecule has 0 spiro atoms. The maximum atomic E-state index is 13.7. The number of hydrogen-bond donors (Lipinski definition) is 2. The Bertz CT molecular complexity index is 1240. The molecule has 2 aliphatic heterocycles. The molecule has 2 aliphatic rings. The third-order valence-electron chi connectivity index (χ3n) is 6.41. The topological polar surface area (TPSA) is 98.8 Å². The van der Waals surface area contributed by atoms with Gasteiger partial charge >= 0.3 is 6.03 Å². The van der Waals surface area contributed by atoms with Crippen molar-refractivity contribution in [1.29, 1.82) is 0 Å². The van der Waals surface area contributed by atoms with Gasteiger partial charge in [0, 0.05) is 24.2 Å². The van der Waals surface area contributed by atoms with Crippen LogP contribution >= 0.6 is 0 Å². The fourth-order valence-corrected chi connectivity index (χ4v) is 4.60. The predicted molar refractivity (Wildman–Crippen MR) is 129 cm³/mol. The zero-order valence-corrected chi connectivity index (χ0v) is 18.9. The van der Waals surface area contributed by atoms with Crippen molar-refractivity contribution in [3.63, 3.8) is 0 Å². The number of piperidine rings is 1. The summed E-state index contributed by atoms with van der Waals surface area (Å²) in [7, 11) is 0. The van der Waals surface area contributed by atoms with Gasteiger partial charge in [-0.2, -0.15) is 5.01 Å². The van der Waals surface area contributed by atoms with Crippen LogP contribution in [0.25, 0.3) is 0 Å². The standard InChI is InChI=1S/C27H24N4O4/c32-23-13-7-8-18-30(23)22-16-14-19(15-17-22)24(33)29-31-25(34)27(28-26(31)35,20-9-3-1-4-10-20)21-11-5-2-6-12-21/h1-6,9-12,14-17H,7-8,13,18H2,(H,28,35)(H,29,33). The Hall–Kier alpha value is -4.46. The Morgan fingerprint density at radius 2 is 1.40 bits per heavy atom. The first-order valence-electron chi connectivity index (χ1n) is 11.5. The van der Waals surface area contributed by atoms with E-state index in [9.17, 15) is 19.2 Å². The maximum Gasteiger partial charge on any atom is 0.344 e. The predicted octanol–water partition coefficient (Wildman–Crippen LogP) is 3.34. The van der Waals surface area contributed by atoms with E-state index < -0.39 is 23.4 Å². The summed E-state index contributed by atoms with van der Waals surface area (Å²) in [5.41, 5.74) is 3.12. The van der Waals surface area contributed by atoms with Gasteiger partial charge in [-0.3, -0.25) is 19.8 Å². The molecule has 0 atom stereocenters. The van der Waals surface area contributed by atoms with Crippen molar-refractivity contribution in [3.05, 3.63) is 102 Å². The van der Waals surface area contributed by atoms with E-state index in [1.165, 1.54) is 0 Å². The molecule has 2 fully saturated rings. The van der Waals surface area contributed by atoms with Gasteiger partial charge in [0.15, 0.2) is 5.54 Å². The second kappa shape index (κ2) is 9.06. The number of nitrogens with one attached hydrogen (secondary N) is 2. The highest BCUT2D eigenvalue weighted by Crippen LogP contribution is 2.35. The number of hydrazine groups is 1. The van der Waals surface area contributed by atoms with Crippen LogP contribution in [0.4, 0.5) is 10.5 Å². The minimum absolute atomic E-state index is 0.0611. The van der Waals surface area contributed by atoms with Crippen molar-refractivity contribution in [2.75, 3.05) is 11.4 Å². The van der Waals surface area contributed by atoms with E-state index in [-0.39, 0.29) is 11.5 Å². The summed E-state index contributed by atoms with van der Waals surface area (Å²) in [6.45, 7) is 0.647. The first kappa shape index (κ1) is 22.3. The fraction of sp³-hybridized carbons (Fsp3) is 0.185. The highest BCUT2D eigenvalue weighted by molar-refractivity contribution is 6.11. The number of carbonyl (C=O) groups excluding carboxylic acids is 4. The van der Waals surface area contributed by atoms with Gasteiger partial charge < -0.3 is 10.2 Å². The largest absolute Gasteiger partial charge is 0.344 e. The van der Waals surface area contributed by atoms with Crippen LogP contribution in [0.15, 0.2) is 84.9 Å². The normalized spacial score (nSPS) is 17.3. The third kappa shape index (κ3) is 3.93. The lowest BCUT2D eigenvalue weighted by atomic mass is 9.83. The molecule has 3 aromatic carbocycles. The van der Waals surface area contributed by atoms with Crippen molar-refractivity contribution in [2.24, 2.45) is 0 Å². The van der Waals surface area contributed by atoms with Gasteiger partial charge in [-0.05, 0) is 48.2 Å². The molecule has 0 saturated carbocycles. The van der Waals surface area contributed by atoms with Gasteiger partial charge in [-0.1, -0.05) is 60.7 Å². The quantitative estimate of drug-likeness (QED) is 0.561. The smallest absolute Gasteiger partial charge is 0.314 e. The van der Waals surface area contributed by atoms with E-state index >= 15 is 0 Å². The van der Waals surface area contributed by atoms with E-state index in [2.05, 4.69) is 10.7 Å². The van der Waals surface area contributed by atoms with Crippen molar-refractivity contribution < 1.29 is 19.2 Å². The summed E-state index contributed by atoms with van der Waals surface area (Å²) in [6, 6.07) is 23.7. The van der Waals surface area contributed by atoms with Gasteiger partial charge in [-0.25, -0.2) is 4.79 Å². The second-order valence-electron chi connectivity index (χ2n) is 8.54. The highest BCUT2D eigenvalue weighted by atomic mass is 16.2. The molecule has 2 heterocycles. The highest BCUT2D eigenvalue weighted by Gasteiger charge is 2.54. The number of carbonyl (C=O) groups is 4. The van der Waals surface area contributed by atoms with E-state index in [0.29, 0.717) is 29.8 Å². The number of benzene rings is 3. The number of imide groups is 1. The first-order valence-corrected chi connectivity index (χ1v) is 11.5. The van der Waals surface area contributed by atoms with Crippen molar-refractivity contribution in [2.45, 2.75) is 24.8 Å². The third-order valence-corrected chi connectivity index (χ3v) is 6.41. The molecule has 0 unspecified atom stereocenters. The number of anilines is 1. The minimum Gasteiger partial charge on any atom is -0.314 e. The van der Waals surface area contributed by atoms with Gasteiger partial charge in [0.1, 0.15) is 0 Å². The zero-order valence-electron chi connectivity index (χ0n) is 18.9. The van der Waals surface area contributed by atoms with Crippen LogP contribution in [0.2, 0.25) is 0 Å². The molecule has 35 heavy (non-hydrogen) atoms. The minimum atomic E-state index is -1.47. The van der Waals surface area contributed by atoms with Gasteiger partial charge in [-0.15, -0.1) is 0 Å². The van der Waals surface area contributed by atoms with Gasteiger partial charge in [0.25, 0.3) is 11.8 Å². The van der Waals surface area contributed by atoms with Crippen LogP contribution < -0.4 is 15.6 Å². The number of urea groups is 1. The average molecular weight is 469 g/mol. The average Bonchev–Trinajstić information content (AvgIpc) is 3.16. The Morgan fingerprint density at radius 1 is 0.800 bits per heavy atom. The lowest BCUT2D eigenvalue weighted by Crippen LogP contribution is -2.49. The molecule has 2 N–H and O–H groups in total. The summed E-state index contributed by atoms with van der Waals surface area (Å²) >= 11 is 0. The Balaban J connectivity index is 1.40. The van der Waals surface area contributed by atoms with E-state index in [1.807, 2.05) is 12.1 Å². The fourth-order valence-electron chi connectivity index (χ4n) is 4.60. The van der Waals surface area contributed by atoms with Crippen LogP contribution in [-0.4, -0.2) is 35.3 Å². The summed E-state index contributed by atoms with van der Waals surface area (Å²) < 4.78 is 0. The number of rotatable bonds is 5. The van der Waals surface area contributed by atoms with Crippen molar-refractivity contribution in [1.82, 2.24) is 15.8 Å². The molecule has 0 bridgehead atoms. The molecule has 2 saturated heterocycles. The summed E-state index contributed by atoms with van der Waals surface area (Å²) in [5, 5.41) is 3.52. The van der Waals surface area contributed by atoms with Crippen molar-refractivity contribution >= 4 is 29.4 Å². The molecule has 5 amide bonds. The Kier molecular flexibility index (Phi) is 5.78. The van der Waals surface area contributed by atoms with Crippen LogP contribution in [0.3, 0.4) is 0 Å². The molecule has 0 aliphatic carbocycles. The zero-order chi connectivity index (χ0) is 24.4. The summed E-state index contributed by atoms with van der Waals surface area (Å²) in [6.07, 6.45) is 2.33. The lowest BCUT2D eigenvalue weighted by molar-refractivity contribution is -0.131. The van der Waals surface area contributed by atoms with Gasteiger partial charge in [0.05, 0.1) is 0 Å². The molecule has 3 aromatic rings. The number of amides is 5. The summed E-state index contributed by atoms with van der Waals surface area (Å²) in [5.74, 6) is -1.16. The van der Waals surface area contributed by atoms with Crippen LogP contribution in [0.1, 0.15) is 40.7 Å². The molecular formula is C27H24N4O4. The van der Waals surface area contributed by atoms with Crippen LogP contribution in [-0.2, 0) is 15.1 Å². The van der Waals surface area contributed by atoms with E-state index in [0.717, 1.165) is 17.9 Å². The lowest BCUT2D eigenvalue weighted by Gasteiger charge is -2.28. The molecule has 0 aromatic heterocycles. The molecule has 8 heteroatoms. The molecule has 5 rings (SSSR count). The summed E-state index contributed by atoms with van der Waals surface area (Å²) in [4.78, 5) is 53.5. The molecule has 176 valence electrons.